The van der Waals surface area contributed by atoms with E-state index in [4.69, 9.17) is 23.4 Å². The summed E-state index contributed by atoms with van der Waals surface area (Å²) in [5, 5.41) is 47.6. The van der Waals surface area contributed by atoms with Crippen molar-refractivity contribution < 1.29 is 48.6 Å². The molecule has 13 heteroatoms. The van der Waals surface area contributed by atoms with Crippen LogP contribution >= 0.6 is 21.6 Å². The molecule has 1 spiro atoms. The van der Waals surface area contributed by atoms with E-state index in [0.29, 0.717) is 17.7 Å². The molecular weight excluding hydrogens is 574 g/mol. The summed E-state index contributed by atoms with van der Waals surface area (Å²) in [5.41, 5.74) is -0.600. The number of hydrogen-bond donors (Lipinski definition) is 5. The van der Waals surface area contributed by atoms with E-state index in [1.807, 2.05) is 6.07 Å². The van der Waals surface area contributed by atoms with Gasteiger partial charge < -0.3 is 49.1 Å². The lowest BCUT2D eigenvalue weighted by molar-refractivity contribution is -0.312. The van der Waals surface area contributed by atoms with Crippen LogP contribution in [0.2, 0.25) is 0 Å². The average Bonchev–Trinajstić information content (AvgIpc) is 3.63. The normalized spacial score (nSPS) is 30.6. The fraction of sp³-hybridized carbons (Fsp3) is 0.679. The minimum Gasteiger partial charge on any atom is -0.485 e. The third-order valence-corrected chi connectivity index (χ3v) is 11.4. The zero-order valence-corrected chi connectivity index (χ0v) is 24.7. The summed E-state index contributed by atoms with van der Waals surface area (Å²) in [6, 6.07) is 3.59. The SMILES string of the molecule is CCOC(=O)CCc1cc2ccoc2c2c1O[C@@H]1O[C@@](CO)(CSSC3(CCCC3)CNCCO2)[C@@H](O)[C@H](O)[C@H]1O. The van der Waals surface area contributed by atoms with Crippen molar-refractivity contribution >= 4 is 38.5 Å². The first-order chi connectivity index (χ1) is 19.8. The first-order valence-electron chi connectivity index (χ1n) is 14.1. The summed E-state index contributed by atoms with van der Waals surface area (Å²) in [4.78, 5) is 12.2. The number of rotatable bonds is 5. The van der Waals surface area contributed by atoms with Crippen LogP contribution in [0.25, 0.3) is 11.0 Å². The van der Waals surface area contributed by atoms with Gasteiger partial charge in [0.05, 0.1) is 19.5 Å². The van der Waals surface area contributed by atoms with Crippen molar-refractivity contribution in [3.8, 4) is 11.5 Å². The van der Waals surface area contributed by atoms with Gasteiger partial charge in [0, 0.05) is 35.4 Å². The Bertz CT molecular complexity index is 1190. The number of furan rings is 1. The highest BCUT2D eigenvalue weighted by Crippen LogP contribution is 2.49. The van der Waals surface area contributed by atoms with Crippen LogP contribution in [0, 0.1) is 0 Å². The summed E-state index contributed by atoms with van der Waals surface area (Å²) in [6.07, 6.45) is -0.188. The van der Waals surface area contributed by atoms with Crippen LogP contribution < -0.4 is 14.8 Å². The Kier molecular flexibility index (Phi) is 9.97. The maximum atomic E-state index is 12.2. The molecule has 0 radical (unpaired) electrons. The van der Waals surface area contributed by atoms with Crippen LogP contribution in [0.4, 0.5) is 0 Å². The maximum Gasteiger partial charge on any atom is 0.306 e. The minimum absolute atomic E-state index is 0.0262. The summed E-state index contributed by atoms with van der Waals surface area (Å²) < 4.78 is 29.5. The number of carbonyl (C=O) groups excluding carboxylic acids is 1. The van der Waals surface area contributed by atoms with Crippen LogP contribution in [0.5, 0.6) is 11.5 Å². The van der Waals surface area contributed by atoms with Gasteiger partial charge in [0.1, 0.15) is 30.5 Å². The molecule has 0 unspecified atom stereocenters. The minimum atomic E-state index is -1.65. The van der Waals surface area contributed by atoms with Gasteiger partial charge in [-0.3, -0.25) is 4.79 Å². The number of ether oxygens (including phenoxy) is 4. The van der Waals surface area contributed by atoms with Crippen molar-refractivity contribution in [1.29, 1.82) is 0 Å². The molecule has 1 saturated heterocycles. The molecule has 0 amide bonds. The molecule has 2 aliphatic heterocycles. The first kappa shape index (κ1) is 30.7. The summed E-state index contributed by atoms with van der Waals surface area (Å²) >= 11 is 0. The first-order valence-corrected chi connectivity index (χ1v) is 16.5. The van der Waals surface area contributed by atoms with Crippen LogP contribution in [-0.4, -0.2) is 100 Å². The van der Waals surface area contributed by atoms with Crippen LogP contribution in [0.3, 0.4) is 0 Å². The van der Waals surface area contributed by atoms with Crippen molar-refractivity contribution in [2.24, 2.45) is 0 Å². The zero-order valence-electron chi connectivity index (χ0n) is 23.1. The Balaban J connectivity index is 1.54. The number of benzene rings is 1. The third kappa shape index (κ3) is 6.47. The lowest BCUT2D eigenvalue weighted by Gasteiger charge is -2.47. The number of aliphatic hydroxyl groups is 4. The van der Waals surface area contributed by atoms with E-state index in [1.165, 1.54) is 17.1 Å². The highest BCUT2D eigenvalue weighted by Gasteiger charge is 2.55. The zero-order chi connectivity index (χ0) is 29.0. The smallest absolute Gasteiger partial charge is 0.306 e. The predicted octanol–water partition coefficient (Wildman–Crippen LogP) is 2.15. The Labute approximate surface area is 246 Å². The van der Waals surface area contributed by atoms with Gasteiger partial charge in [0.25, 0.3) is 0 Å². The Morgan fingerprint density at radius 2 is 2.00 bits per heavy atom. The maximum absolute atomic E-state index is 12.2. The van der Waals surface area contributed by atoms with Crippen molar-refractivity contribution in [2.45, 2.75) is 80.4 Å². The fourth-order valence-electron chi connectivity index (χ4n) is 5.68. The molecule has 1 aromatic heterocycles. The van der Waals surface area contributed by atoms with Gasteiger partial charge in [-0.05, 0) is 43.9 Å². The third-order valence-electron chi connectivity index (χ3n) is 8.00. The highest BCUT2D eigenvalue weighted by molar-refractivity contribution is 8.77. The number of nitrogens with one attached hydrogen (secondary N) is 1. The Hall–Kier alpha value is -1.71. The number of fused-ring (bicyclic) bond motifs is 5. The highest BCUT2D eigenvalue weighted by atomic mass is 33.1. The Morgan fingerprint density at radius 1 is 1.20 bits per heavy atom. The number of carbonyl (C=O) groups is 1. The summed E-state index contributed by atoms with van der Waals surface area (Å²) in [5.74, 6) is 0.225. The summed E-state index contributed by atoms with van der Waals surface area (Å²) in [7, 11) is 3.17. The number of aryl methyl sites for hydroxylation is 1. The molecule has 41 heavy (non-hydrogen) atoms. The van der Waals surface area contributed by atoms with E-state index < -0.39 is 36.8 Å². The Morgan fingerprint density at radius 3 is 2.76 bits per heavy atom. The largest absolute Gasteiger partial charge is 0.485 e. The van der Waals surface area contributed by atoms with Gasteiger partial charge >= 0.3 is 5.97 Å². The quantitative estimate of drug-likeness (QED) is 0.247. The predicted molar refractivity (Wildman–Crippen MR) is 154 cm³/mol. The molecule has 5 atom stereocenters. The lowest BCUT2D eigenvalue weighted by Crippen LogP contribution is -2.68. The lowest BCUT2D eigenvalue weighted by atomic mass is 9.88. The molecule has 3 aliphatic rings. The molecule has 2 bridgehead atoms. The van der Waals surface area contributed by atoms with Crippen molar-refractivity contribution in [2.75, 3.05) is 38.7 Å². The molecular formula is C28H39NO10S2. The number of esters is 1. The van der Waals surface area contributed by atoms with E-state index in [9.17, 15) is 25.2 Å². The molecule has 1 saturated carbocycles. The van der Waals surface area contributed by atoms with Crippen LogP contribution in [0.15, 0.2) is 22.8 Å². The van der Waals surface area contributed by atoms with Crippen molar-refractivity contribution in [3.63, 3.8) is 0 Å². The molecule has 3 heterocycles. The second kappa shape index (κ2) is 13.3. The van der Waals surface area contributed by atoms with Crippen molar-refractivity contribution in [1.82, 2.24) is 5.32 Å². The molecule has 11 nitrogen and oxygen atoms in total. The monoisotopic (exact) mass is 613 g/mol. The van der Waals surface area contributed by atoms with E-state index in [2.05, 4.69) is 5.32 Å². The van der Waals surface area contributed by atoms with Crippen LogP contribution in [0.1, 0.15) is 44.6 Å². The molecule has 1 aromatic carbocycles. The molecule has 2 fully saturated rings. The van der Waals surface area contributed by atoms with Gasteiger partial charge in [-0.25, -0.2) is 0 Å². The molecule has 228 valence electrons. The van der Waals surface area contributed by atoms with E-state index in [-0.39, 0.29) is 54.0 Å². The second-order valence-corrected chi connectivity index (χ2v) is 13.6. The van der Waals surface area contributed by atoms with Gasteiger partial charge in [-0.2, -0.15) is 0 Å². The summed E-state index contributed by atoms with van der Waals surface area (Å²) in [6.45, 7) is 2.99. The van der Waals surface area contributed by atoms with Crippen molar-refractivity contribution in [3.05, 3.63) is 24.0 Å². The molecule has 2 aromatic rings. The number of aliphatic hydroxyl groups excluding tert-OH is 4. The molecule has 5 N–H and O–H groups in total. The second-order valence-electron chi connectivity index (χ2n) is 10.9. The molecule has 1 aliphatic carbocycles. The van der Waals surface area contributed by atoms with Gasteiger partial charge in [-0.1, -0.05) is 34.4 Å². The standard InChI is InChI=1S/C28H39NO10S2/c1-2-35-19(31)6-5-17-13-18-7-11-36-22(18)24-23(17)38-26-21(33)20(32)25(34)28(15-30,39-26)16-40-41-27(8-3-4-9-27)14-29-10-12-37-24/h7,11,13,20-21,25-26,29-30,32-34H,2-6,8-10,12,14-16H2,1H3/t20-,21-,25+,26-,28+/m1/s1. The average molecular weight is 614 g/mol. The van der Waals surface area contributed by atoms with Gasteiger partial charge in [-0.15, -0.1) is 0 Å². The number of hydrogen-bond acceptors (Lipinski definition) is 13. The van der Waals surface area contributed by atoms with E-state index in [0.717, 1.165) is 37.6 Å². The van der Waals surface area contributed by atoms with Gasteiger partial charge in [0.15, 0.2) is 11.3 Å². The van der Waals surface area contributed by atoms with Gasteiger partial charge in [0.2, 0.25) is 12.0 Å². The van der Waals surface area contributed by atoms with E-state index >= 15 is 0 Å². The van der Waals surface area contributed by atoms with Crippen LogP contribution in [-0.2, 0) is 20.7 Å². The molecule has 5 rings (SSSR count). The fourth-order valence-corrected chi connectivity index (χ4v) is 9.33. The topological polar surface area (TPSA) is 160 Å². The van der Waals surface area contributed by atoms with E-state index in [1.54, 1.807) is 23.8 Å².